The van der Waals surface area contributed by atoms with Gasteiger partial charge in [-0.15, -0.1) is 0 Å². The highest BCUT2D eigenvalue weighted by Gasteiger charge is 2.35. The van der Waals surface area contributed by atoms with Gasteiger partial charge in [0.25, 0.3) is 0 Å². The van der Waals surface area contributed by atoms with E-state index >= 15 is 0 Å². The Hall–Kier alpha value is -1.44. The fraction of sp³-hybridized carbons (Fsp3) is 0.562. The summed E-state index contributed by atoms with van der Waals surface area (Å²) in [6.45, 7) is 7.16. The molecule has 1 aromatic carbocycles. The maximum Gasteiger partial charge on any atom is 0.243 e. The Balaban J connectivity index is 1.80. The molecule has 0 saturated carbocycles. The van der Waals surface area contributed by atoms with E-state index in [0.29, 0.717) is 13.1 Å². The zero-order chi connectivity index (χ0) is 16.6. The summed E-state index contributed by atoms with van der Waals surface area (Å²) < 4.78 is 27.3. The molecule has 0 spiro atoms. The van der Waals surface area contributed by atoms with Crippen LogP contribution in [0.1, 0.15) is 25.8 Å². The average molecular weight is 337 g/mol. The van der Waals surface area contributed by atoms with Gasteiger partial charge in [-0.3, -0.25) is 9.69 Å². The van der Waals surface area contributed by atoms with Crippen LogP contribution in [0.2, 0.25) is 0 Å². The summed E-state index contributed by atoms with van der Waals surface area (Å²) >= 11 is 0. The van der Waals surface area contributed by atoms with Gasteiger partial charge >= 0.3 is 0 Å². The molecule has 126 valence electrons. The van der Waals surface area contributed by atoms with Gasteiger partial charge in [-0.1, -0.05) is 13.8 Å². The Morgan fingerprint density at radius 3 is 2.74 bits per heavy atom. The van der Waals surface area contributed by atoms with Crippen molar-refractivity contribution in [2.45, 2.75) is 37.6 Å². The number of amides is 1. The summed E-state index contributed by atoms with van der Waals surface area (Å²) in [5.74, 6) is -0.0858. The number of anilines is 1. The zero-order valence-electron chi connectivity index (χ0n) is 13.6. The summed E-state index contributed by atoms with van der Waals surface area (Å²) in [5.41, 5.74) is 1.48. The highest BCUT2D eigenvalue weighted by atomic mass is 32.2. The maximum absolute atomic E-state index is 12.9. The first kappa shape index (κ1) is 16.4. The van der Waals surface area contributed by atoms with Crippen LogP contribution in [0, 0.1) is 0 Å². The minimum Gasteiger partial charge on any atom is -0.326 e. The molecule has 7 heteroatoms. The number of fused-ring (bicyclic) bond motifs is 1. The molecule has 0 bridgehead atoms. The summed E-state index contributed by atoms with van der Waals surface area (Å²) in [6.07, 6.45) is 1.12. The number of benzene rings is 1. The SMILES string of the molecule is CCN(CC)C1CCN(S(=O)(=O)c2ccc3c(c2)CC(=O)N3)C1. The molecule has 0 aromatic heterocycles. The van der Waals surface area contributed by atoms with E-state index in [1.165, 1.54) is 0 Å². The van der Waals surface area contributed by atoms with Crippen molar-refractivity contribution in [2.24, 2.45) is 0 Å². The zero-order valence-corrected chi connectivity index (χ0v) is 14.4. The molecule has 1 saturated heterocycles. The van der Waals surface area contributed by atoms with Crippen LogP contribution >= 0.6 is 0 Å². The smallest absolute Gasteiger partial charge is 0.243 e. The normalized spacial score (nSPS) is 21.7. The average Bonchev–Trinajstić information content (AvgIpc) is 3.13. The molecular formula is C16H23N3O3S. The maximum atomic E-state index is 12.9. The van der Waals surface area contributed by atoms with Gasteiger partial charge in [-0.25, -0.2) is 8.42 Å². The molecule has 1 atom stereocenters. The fourth-order valence-corrected chi connectivity index (χ4v) is 5.03. The Kier molecular flexibility index (Phi) is 4.44. The minimum absolute atomic E-state index is 0.0858. The van der Waals surface area contributed by atoms with Crippen molar-refractivity contribution in [1.29, 1.82) is 0 Å². The van der Waals surface area contributed by atoms with Gasteiger partial charge in [-0.05, 0) is 43.3 Å². The van der Waals surface area contributed by atoms with E-state index in [2.05, 4.69) is 24.1 Å². The van der Waals surface area contributed by atoms with Crippen molar-refractivity contribution < 1.29 is 13.2 Å². The second-order valence-corrected chi connectivity index (χ2v) is 8.01. The topological polar surface area (TPSA) is 69.7 Å². The van der Waals surface area contributed by atoms with Gasteiger partial charge in [0.05, 0.1) is 11.3 Å². The number of carbonyl (C=O) groups excluding carboxylic acids is 1. The molecule has 2 heterocycles. The molecule has 0 aliphatic carbocycles. The second-order valence-electron chi connectivity index (χ2n) is 6.07. The van der Waals surface area contributed by atoms with Crippen LogP contribution in [0.15, 0.2) is 23.1 Å². The van der Waals surface area contributed by atoms with Gasteiger partial charge in [0.2, 0.25) is 15.9 Å². The number of sulfonamides is 1. The van der Waals surface area contributed by atoms with E-state index in [1.807, 2.05) is 0 Å². The Labute approximate surface area is 137 Å². The number of hydrogen-bond acceptors (Lipinski definition) is 4. The quantitative estimate of drug-likeness (QED) is 0.879. The minimum atomic E-state index is -3.49. The van der Waals surface area contributed by atoms with Crippen LogP contribution < -0.4 is 5.32 Å². The number of likely N-dealkylation sites (N-methyl/N-ethyl adjacent to an activating group) is 1. The standard InChI is InChI=1S/C16H23N3O3S/c1-3-18(4-2)13-7-8-19(11-13)23(21,22)14-5-6-15-12(9-14)10-16(20)17-15/h5-6,9,13H,3-4,7-8,10-11H2,1-2H3,(H,17,20). The second kappa shape index (κ2) is 6.22. The van der Waals surface area contributed by atoms with E-state index in [4.69, 9.17) is 0 Å². The number of nitrogens with one attached hydrogen (secondary N) is 1. The fourth-order valence-electron chi connectivity index (χ4n) is 3.48. The van der Waals surface area contributed by atoms with E-state index in [-0.39, 0.29) is 23.3 Å². The van der Waals surface area contributed by atoms with Crippen LogP contribution in [0.25, 0.3) is 0 Å². The molecule has 1 aromatic rings. The molecule has 2 aliphatic heterocycles. The molecule has 1 unspecified atom stereocenters. The van der Waals surface area contributed by atoms with Gasteiger partial charge in [0.1, 0.15) is 0 Å². The van der Waals surface area contributed by atoms with Crippen LogP contribution in [0.3, 0.4) is 0 Å². The number of nitrogens with zero attached hydrogens (tertiary/aromatic N) is 2. The van der Waals surface area contributed by atoms with Crippen LogP contribution in [-0.4, -0.2) is 55.8 Å². The van der Waals surface area contributed by atoms with E-state index in [9.17, 15) is 13.2 Å². The van der Waals surface area contributed by atoms with Crippen molar-refractivity contribution in [3.05, 3.63) is 23.8 Å². The lowest BCUT2D eigenvalue weighted by Gasteiger charge is -2.26. The first-order valence-electron chi connectivity index (χ1n) is 8.12. The third-order valence-corrected chi connectivity index (χ3v) is 6.66. The molecule has 23 heavy (non-hydrogen) atoms. The number of rotatable bonds is 5. The lowest BCUT2D eigenvalue weighted by Crippen LogP contribution is -2.38. The van der Waals surface area contributed by atoms with Gasteiger partial charge in [0.15, 0.2) is 0 Å². The molecule has 1 amide bonds. The summed E-state index contributed by atoms with van der Waals surface area (Å²) in [7, 11) is -3.49. The predicted molar refractivity (Wildman–Crippen MR) is 88.9 cm³/mol. The molecule has 6 nitrogen and oxygen atoms in total. The largest absolute Gasteiger partial charge is 0.326 e. The predicted octanol–water partition coefficient (Wildman–Crippen LogP) is 1.29. The van der Waals surface area contributed by atoms with Crippen LogP contribution in [-0.2, 0) is 21.2 Å². The Morgan fingerprint density at radius 2 is 2.04 bits per heavy atom. The Bertz CT molecular complexity index is 713. The molecular weight excluding hydrogens is 314 g/mol. The van der Waals surface area contributed by atoms with Gasteiger partial charge in [-0.2, -0.15) is 4.31 Å². The molecule has 2 aliphatic rings. The highest BCUT2D eigenvalue weighted by Crippen LogP contribution is 2.29. The van der Waals surface area contributed by atoms with E-state index in [0.717, 1.165) is 30.8 Å². The van der Waals surface area contributed by atoms with Crippen LogP contribution in [0.4, 0.5) is 5.69 Å². The number of carbonyl (C=O) groups is 1. The molecule has 0 radical (unpaired) electrons. The first-order chi connectivity index (χ1) is 11.0. The molecule has 3 rings (SSSR count). The first-order valence-corrected chi connectivity index (χ1v) is 9.56. The summed E-state index contributed by atoms with van der Waals surface area (Å²) in [4.78, 5) is 14.0. The van der Waals surface area contributed by atoms with Crippen LogP contribution in [0.5, 0.6) is 0 Å². The van der Waals surface area contributed by atoms with Gasteiger partial charge < -0.3 is 5.32 Å². The van der Waals surface area contributed by atoms with Crippen molar-refractivity contribution in [2.75, 3.05) is 31.5 Å². The van der Waals surface area contributed by atoms with Gasteiger partial charge in [0, 0.05) is 24.8 Å². The lowest BCUT2D eigenvalue weighted by molar-refractivity contribution is -0.115. The third kappa shape index (κ3) is 3.00. The van der Waals surface area contributed by atoms with Crippen molar-refractivity contribution >= 4 is 21.6 Å². The summed E-state index contributed by atoms with van der Waals surface area (Å²) in [6, 6.07) is 5.19. The summed E-state index contributed by atoms with van der Waals surface area (Å²) in [5, 5.41) is 2.73. The van der Waals surface area contributed by atoms with E-state index < -0.39 is 10.0 Å². The number of hydrogen-bond donors (Lipinski definition) is 1. The molecule has 1 fully saturated rings. The van der Waals surface area contributed by atoms with E-state index in [1.54, 1.807) is 22.5 Å². The van der Waals surface area contributed by atoms with Crippen molar-refractivity contribution in [1.82, 2.24) is 9.21 Å². The van der Waals surface area contributed by atoms with Crippen molar-refractivity contribution in [3.8, 4) is 0 Å². The highest BCUT2D eigenvalue weighted by molar-refractivity contribution is 7.89. The molecule has 1 N–H and O–H groups in total. The monoisotopic (exact) mass is 337 g/mol. The third-order valence-electron chi connectivity index (χ3n) is 4.79. The van der Waals surface area contributed by atoms with Crippen molar-refractivity contribution in [3.63, 3.8) is 0 Å². The lowest BCUT2D eigenvalue weighted by atomic mass is 10.2. The Morgan fingerprint density at radius 1 is 1.30 bits per heavy atom.